The highest BCUT2D eigenvalue weighted by Gasteiger charge is 2.13. The van der Waals surface area contributed by atoms with Crippen molar-refractivity contribution in [3.63, 3.8) is 0 Å². The number of aryl methyl sites for hydroxylation is 1. The molecule has 0 aliphatic rings. The zero-order valence-corrected chi connectivity index (χ0v) is 13.3. The maximum Gasteiger partial charge on any atom is 0.304 e. The minimum Gasteiger partial charge on any atom is -0.481 e. The lowest BCUT2D eigenvalue weighted by atomic mass is 10.0. The van der Waals surface area contributed by atoms with E-state index in [1.807, 2.05) is 20.8 Å². The molecule has 0 saturated heterocycles. The summed E-state index contributed by atoms with van der Waals surface area (Å²) >= 11 is 0. The number of hydrogen-bond donors (Lipinski definition) is 2. The van der Waals surface area contributed by atoms with E-state index in [1.54, 1.807) is 0 Å². The molecule has 0 bridgehead atoms. The predicted molar refractivity (Wildman–Crippen MR) is 84.6 cm³/mol. The zero-order valence-electron chi connectivity index (χ0n) is 13.3. The molecule has 0 aliphatic heterocycles. The second kappa shape index (κ2) is 9.53. The van der Waals surface area contributed by atoms with Crippen LogP contribution in [0.15, 0.2) is 24.3 Å². The van der Waals surface area contributed by atoms with Crippen LogP contribution in [0.1, 0.15) is 37.8 Å². The van der Waals surface area contributed by atoms with Crippen molar-refractivity contribution in [3.05, 3.63) is 35.4 Å². The maximum absolute atomic E-state index is 11.0. The average Bonchev–Trinajstić information content (AvgIpc) is 2.40. The molecule has 21 heavy (non-hydrogen) atoms. The highest BCUT2D eigenvalue weighted by atomic mass is 16.5. The molecule has 0 aromatic heterocycles. The Kier molecular flexibility index (Phi) is 8.01. The average molecular weight is 293 g/mol. The Morgan fingerprint density at radius 2 is 1.95 bits per heavy atom. The van der Waals surface area contributed by atoms with Crippen LogP contribution in [-0.4, -0.2) is 36.4 Å². The Morgan fingerprint density at radius 3 is 2.52 bits per heavy atom. The van der Waals surface area contributed by atoms with E-state index in [1.165, 1.54) is 5.56 Å². The highest BCUT2D eigenvalue weighted by Crippen LogP contribution is 2.08. The van der Waals surface area contributed by atoms with Gasteiger partial charge >= 0.3 is 5.97 Å². The third-order valence-electron chi connectivity index (χ3n) is 3.23. The van der Waals surface area contributed by atoms with Crippen molar-refractivity contribution in [1.82, 2.24) is 5.32 Å². The number of carboxylic acids is 1. The summed E-state index contributed by atoms with van der Waals surface area (Å²) in [7, 11) is 0. The summed E-state index contributed by atoms with van der Waals surface area (Å²) in [5.74, 6) is -0.766. The molecule has 118 valence electrons. The number of rotatable bonds is 10. The molecule has 4 heteroatoms. The Balaban J connectivity index is 2.40. The quantitative estimate of drug-likeness (QED) is 0.651. The van der Waals surface area contributed by atoms with Gasteiger partial charge < -0.3 is 15.2 Å². The first-order chi connectivity index (χ1) is 9.97. The molecule has 1 unspecified atom stereocenters. The molecule has 1 aromatic carbocycles. The number of carboxylic acid groups (broad SMARTS) is 1. The SMILES string of the molecule is Cc1ccc(CC(CC(=O)O)NCCCOC(C)C)cc1. The Morgan fingerprint density at radius 1 is 1.29 bits per heavy atom. The smallest absolute Gasteiger partial charge is 0.304 e. The van der Waals surface area contributed by atoms with E-state index >= 15 is 0 Å². The van der Waals surface area contributed by atoms with Crippen LogP contribution in [0.2, 0.25) is 0 Å². The number of aliphatic carboxylic acids is 1. The van der Waals surface area contributed by atoms with Gasteiger partial charge in [0.25, 0.3) is 0 Å². The Labute approximate surface area is 127 Å². The fraction of sp³-hybridized carbons (Fsp3) is 0.588. The van der Waals surface area contributed by atoms with Crippen LogP contribution in [0.4, 0.5) is 0 Å². The van der Waals surface area contributed by atoms with Crippen LogP contribution >= 0.6 is 0 Å². The molecule has 4 nitrogen and oxygen atoms in total. The van der Waals surface area contributed by atoms with E-state index in [9.17, 15) is 4.79 Å². The van der Waals surface area contributed by atoms with Gasteiger partial charge in [-0.1, -0.05) is 29.8 Å². The number of benzene rings is 1. The first-order valence-electron chi connectivity index (χ1n) is 7.59. The molecule has 2 N–H and O–H groups in total. The standard InChI is InChI=1S/C17H27NO3/c1-13(2)21-10-4-9-18-16(12-17(19)20)11-15-7-5-14(3)6-8-15/h5-8,13,16,18H,4,9-12H2,1-3H3,(H,19,20). The van der Waals surface area contributed by atoms with Crippen LogP contribution < -0.4 is 5.32 Å². The van der Waals surface area contributed by atoms with E-state index in [4.69, 9.17) is 9.84 Å². The van der Waals surface area contributed by atoms with Gasteiger partial charge in [0.2, 0.25) is 0 Å². The van der Waals surface area contributed by atoms with Gasteiger partial charge in [-0.3, -0.25) is 4.79 Å². The van der Waals surface area contributed by atoms with Crippen LogP contribution in [0, 0.1) is 6.92 Å². The van der Waals surface area contributed by atoms with Gasteiger partial charge in [-0.25, -0.2) is 0 Å². The summed E-state index contributed by atoms with van der Waals surface area (Å²) in [6.07, 6.45) is 2.01. The molecule has 0 spiro atoms. The summed E-state index contributed by atoms with van der Waals surface area (Å²) in [6.45, 7) is 7.55. The predicted octanol–water partition coefficient (Wildman–Crippen LogP) is 2.79. The summed E-state index contributed by atoms with van der Waals surface area (Å²) in [5.41, 5.74) is 2.38. The second-order valence-corrected chi connectivity index (χ2v) is 5.71. The summed E-state index contributed by atoms with van der Waals surface area (Å²) in [4.78, 5) is 11.0. The summed E-state index contributed by atoms with van der Waals surface area (Å²) in [6, 6.07) is 8.21. The first-order valence-corrected chi connectivity index (χ1v) is 7.59. The molecule has 1 aromatic rings. The van der Waals surface area contributed by atoms with Crippen molar-refractivity contribution in [2.24, 2.45) is 0 Å². The van der Waals surface area contributed by atoms with E-state index in [-0.39, 0.29) is 18.6 Å². The van der Waals surface area contributed by atoms with Crippen LogP contribution in [0.5, 0.6) is 0 Å². The first kappa shape index (κ1) is 17.7. The highest BCUT2D eigenvalue weighted by molar-refractivity contribution is 5.67. The van der Waals surface area contributed by atoms with Crippen LogP contribution in [0.3, 0.4) is 0 Å². The van der Waals surface area contributed by atoms with Crippen molar-refractivity contribution < 1.29 is 14.6 Å². The van der Waals surface area contributed by atoms with Crippen LogP contribution in [0.25, 0.3) is 0 Å². The molecule has 0 saturated carbocycles. The Bertz CT molecular complexity index is 415. The zero-order chi connectivity index (χ0) is 15.7. The normalized spacial score (nSPS) is 12.6. The van der Waals surface area contributed by atoms with Crippen molar-refractivity contribution >= 4 is 5.97 Å². The Hall–Kier alpha value is -1.39. The van der Waals surface area contributed by atoms with Crippen molar-refractivity contribution in [2.45, 2.75) is 52.2 Å². The molecule has 0 amide bonds. The van der Waals surface area contributed by atoms with E-state index in [2.05, 4.69) is 29.6 Å². The molecule has 0 radical (unpaired) electrons. The van der Waals surface area contributed by atoms with E-state index in [0.29, 0.717) is 6.61 Å². The van der Waals surface area contributed by atoms with E-state index in [0.717, 1.165) is 24.9 Å². The molecule has 0 fully saturated rings. The topological polar surface area (TPSA) is 58.6 Å². The largest absolute Gasteiger partial charge is 0.481 e. The van der Waals surface area contributed by atoms with Crippen LogP contribution in [-0.2, 0) is 16.0 Å². The molecule has 0 aliphatic carbocycles. The number of ether oxygens (including phenoxy) is 1. The van der Waals surface area contributed by atoms with Gasteiger partial charge in [-0.15, -0.1) is 0 Å². The minimum atomic E-state index is -0.766. The maximum atomic E-state index is 11.0. The van der Waals surface area contributed by atoms with Gasteiger partial charge in [-0.2, -0.15) is 0 Å². The monoisotopic (exact) mass is 293 g/mol. The van der Waals surface area contributed by atoms with Gasteiger partial charge in [0.05, 0.1) is 12.5 Å². The number of carbonyl (C=O) groups is 1. The van der Waals surface area contributed by atoms with Gasteiger partial charge in [-0.05, 0) is 45.7 Å². The lowest BCUT2D eigenvalue weighted by Crippen LogP contribution is -2.34. The fourth-order valence-corrected chi connectivity index (χ4v) is 2.13. The van der Waals surface area contributed by atoms with Crippen molar-refractivity contribution in [1.29, 1.82) is 0 Å². The fourth-order valence-electron chi connectivity index (χ4n) is 2.13. The third-order valence-corrected chi connectivity index (χ3v) is 3.23. The molecule has 0 heterocycles. The van der Waals surface area contributed by atoms with Gasteiger partial charge in [0.1, 0.15) is 0 Å². The molecule has 1 atom stereocenters. The van der Waals surface area contributed by atoms with Gasteiger partial charge in [0.15, 0.2) is 0 Å². The van der Waals surface area contributed by atoms with Crippen molar-refractivity contribution in [2.75, 3.05) is 13.2 Å². The summed E-state index contributed by atoms with van der Waals surface area (Å²) in [5, 5.41) is 12.3. The number of nitrogens with one attached hydrogen (secondary N) is 1. The van der Waals surface area contributed by atoms with Crippen molar-refractivity contribution in [3.8, 4) is 0 Å². The lowest BCUT2D eigenvalue weighted by Gasteiger charge is -2.17. The minimum absolute atomic E-state index is 0.0377. The third kappa shape index (κ3) is 8.48. The second-order valence-electron chi connectivity index (χ2n) is 5.71. The van der Waals surface area contributed by atoms with Gasteiger partial charge in [0, 0.05) is 12.6 Å². The summed E-state index contributed by atoms with van der Waals surface area (Å²) < 4.78 is 5.48. The van der Waals surface area contributed by atoms with E-state index < -0.39 is 5.97 Å². The lowest BCUT2D eigenvalue weighted by molar-refractivity contribution is -0.137. The molecular weight excluding hydrogens is 266 g/mol. The number of hydrogen-bond acceptors (Lipinski definition) is 3. The molecule has 1 rings (SSSR count). The molecular formula is C17H27NO3.